The van der Waals surface area contributed by atoms with Gasteiger partial charge in [0, 0.05) is 33.0 Å². The van der Waals surface area contributed by atoms with Gasteiger partial charge in [-0.25, -0.2) is 13.2 Å². The highest BCUT2D eigenvalue weighted by atomic mass is 35.5. The Bertz CT molecular complexity index is 1560. The first kappa shape index (κ1) is 21.1. The maximum atomic E-state index is 14.5. The Balaban J connectivity index is 1.80. The van der Waals surface area contributed by atoms with Gasteiger partial charge in [0.1, 0.15) is 5.82 Å². The molecule has 1 heterocycles. The van der Waals surface area contributed by atoms with Crippen LogP contribution in [0.25, 0.3) is 32.9 Å². The van der Waals surface area contributed by atoms with Gasteiger partial charge in [-0.1, -0.05) is 29.8 Å². The molecule has 163 valence electrons. The molecule has 33 heavy (non-hydrogen) atoms. The van der Waals surface area contributed by atoms with Gasteiger partial charge in [0.25, 0.3) is 0 Å². The molecule has 0 atom stereocenters. The van der Waals surface area contributed by atoms with Gasteiger partial charge in [-0.15, -0.1) is 0 Å². The molecule has 1 amide bonds. The number of carbonyl (C=O) groups is 1. The van der Waals surface area contributed by atoms with Gasteiger partial charge in [0.2, 0.25) is 5.91 Å². The molecule has 1 aromatic heterocycles. The molecular formula is C26H15ClF3N2O. The molecule has 1 radical (unpaired) electrons. The molecule has 0 fully saturated rings. The quantitative estimate of drug-likeness (QED) is 0.305. The van der Waals surface area contributed by atoms with Crippen LogP contribution in [0.3, 0.4) is 0 Å². The Morgan fingerprint density at radius 2 is 1.64 bits per heavy atom. The summed E-state index contributed by atoms with van der Waals surface area (Å²) in [5.41, 5.74) is 8.78. The number of rotatable bonds is 4. The lowest BCUT2D eigenvalue weighted by Gasteiger charge is -2.10. The number of nitrogens with zero attached hydrogens (tertiary/aromatic N) is 1. The van der Waals surface area contributed by atoms with Crippen LogP contribution in [0.2, 0.25) is 5.02 Å². The summed E-state index contributed by atoms with van der Waals surface area (Å²) in [6.45, 7) is -0.0941. The average molecular weight is 464 g/mol. The molecule has 0 aliphatic rings. The van der Waals surface area contributed by atoms with Gasteiger partial charge in [0.05, 0.1) is 17.6 Å². The standard InChI is InChI=1S/C26H15ClF3N2O/c27-17-7-4-14(5-8-17)15-6-9-18-24(11-15)32(13-16-10-21(29)22(30)12-20(16)28)23-3-1-2-19(25(18)23)26(31)33/h1-8,10-12H,13H2,(H2,31,33). The Hall–Kier alpha value is -3.77. The van der Waals surface area contributed by atoms with Gasteiger partial charge < -0.3 is 10.3 Å². The van der Waals surface area contributed by atoms with E-state index in [1.54, 1.807) is 41.0 Å². The lowest BCUT2D eigenvalue weighted by Crippen LogP contribution is -2.11. The molecule has 0 unspecified atom stereocenters. The summed E-state index contributed by atoms with van der Waals surface area (Å²) in [5.74, 6) is -3.88. The van der Waals surface area contributed by atoms with Crippen LogP contribution in [-0.4, -0.2) is 10.5 Å². The number of halogens is 4. The van der Waals surface area contributed by atoms with Crippen molar-refractivity contribution in [2.45, 2.75) is 6.54 Å². The first-order valence-electron chi connectivity index (χ1n) is 9.99. The van der Waals surface area contributed by atoms with Crippen molar-refractivity contribution in [2.24, 2.45) is 5.73 Å². The predicted octanol–water partition coefficient (Wildman–Crippen LogP) is 6.48. The van der Waals surface area contributed by atoms with E-state index in [9.17, 15) is 18.0 Å². The SMILES string of the molecule is NC(=O)c1cccc2c1c1[c]cc(-c3ccc(Cl)cc3)cc1n2Cc1cc(F)c(F)cc1F. The Kier molecular flexibility index (Phi) is 5.10. The summed E-state index contributed by atoms with van der Waals surface area (Å²) in [5, 5.41) is 1.77. The average Bonchev–Trinajstić information content (AvgIpc) is 3.11. The van der Waals surface area contributed by atoms with Gasteiger partial charge in [-0.3, -0.25) is 4.79 Å². The highest BCUT2D eigenvalue weighted by Crippen LogP contribution is 2.35. The van der Waals surface area contributed by atoms with Crippen LogP contribution < -0.4 is 5.73 Å². The molecule has 2 N–H and O–H groups in total. The molecule has 0 bridgehead atoms. The fourth-order valence-corrected chi connectivity index (χ4v) is 4.22. The summed E-state index contributed by atoms with van der Waals surface area (Å²) in [6.07, 6.45) is 0. The minimum Gasteiger partial charge on any atom is -0.366 e. The molecule has 0 aliphatic heterocycles. The first-order chi connectivity index (χ1) is 15.8. The predicted molar refractivity (Wildman–Crippen MR) is 123 cm³/mol. The van der Waals surface area contributed by atoms with Crippen LogP contribution in [-0.2, 0) is 6.54 Å². The number of benzene rings is 4. The number of nitrogens with two attached hydrogens (primary N) is 1. The van der Waals surface area contributed by atoms with Crippen molar-refractivity contribution in [1.82, 2.24) is 4.57 Å². The minimum absolute atomic E-state index is 0.0333. The number of amides is 1. The van der Waals surface area contributed by atoms with Crippen LogP contribution in [0.4, 0.5) is 13.2 Å². The van der Waals surface area contributed by atoms with E-state index in [2.05, 4.69) is 6.07 Å². The van der Waals surface area contributed by atoms with Crippen molar-refractivity contribution in [3.63, 3.8) is 0 Å². The molecule has 5 aromatic rings. The minimum atomic E-state index is -1.26. The largest absolute Gasteiger partial charge is 0.366 e. The highest BCUT2D eigenvalue weighted by Gasteiger charge is 2.19. The molecule has 3 nitrogen and oxygen atoms in total. The van der Waals surface area contributed by atoms with E-state index in [-0.39, 0.29) is 17.7 Å². The number of primary amides is 1. The second kappa shape index (κ2) is 7.98. The number of aromatic nitrogens is 1. The zero-order valence-electron chi connectivity index (χ0n) is 17.0. The third-order valence-corrected chi connectivity index (χ3v) is 5.91. The fourth-order valence-electron chi connectivity index (χ4n) is 4.10. The first-order valence-corrected chi connectivity index (χ1v) is 10.4. The molecule has 7 heteroatoms. The van der Waals surface area contributed by atoms with Crippen molar-refractivity contribution in [2.75, 3.05) is 0 Å². The Labute approximate surface area is 191 Å². The van der Waals surface area contributed by atoms with Crippen LogP contribution in [0.1, 0.15) is 15.9 Å². The second-order valence-electron chi connectivity index (χ2n) is 7.66. The summed E-state index contributed by atoms with van der Waals surface area (Å²) in [6, 6.07) is 20.5. The Morgan fingerprint density at radius 3 is 2.36 bits per heavy atom. The maximum Gasteiger partial charge on any atom is 0.249 e. The molecular weight excluding hydrogens is 449 g/mol. The zero-order valence-corrected chi connectivity index (χ0v) is 17.8. The maximum absolute atomic E-state index is 14.5. The van der Waals surface area contributed by atoms with E-state index < -0.39 is 23.4 Å². The van der Waals surface area contributed by atoms with E-state index >= 15 is 0 Å². The van der Waals surface area contributed by atoms with Crippen molar-refractivity contribution in [1.29, 1.82) is 0 Å². The van der Waals surface area contributed by atoms with E-state index in [0.717, 1.165) is 17.2 Å². The smallest absolute Gasteiger partial charge is 0.249 e. The molecule has 4 aromatic carbocycles. The zero-order chi connectivity index (χ0) is 23.3. The van der Waals surface area contributed by atoms with Crippen LogP contribution in [0.15, 0.2) is 66.7 Å². The number of hydrogen-bond acceptors (Lipinski definition) is 1. The molecule has 5 rings (SSSR count). The number of carbonyl (C=O) groups excluding carboxylic acids is 1. The summed E-state index contributed by atoms with van der Waals surface area (Å²) >= 11 is 6.00. The van der Waals surface area contributed by atoms with Crippen LogP contribution in [0.5, 0.6) is 0 Å². The van der Waals surface area contributed by atoms with Gasteiger partial charge in [-0.05, 0) is 59.7 Å². The molecule has 0 aliphatic carbocycles. The third kappa shape index (κ3) is 3.62. The highest BCUT2D eigenvalue weighted by molar-refractivity contribution is 6.30. The second-order valence-corrected chi connectivity index (χ2v) is 8.10. The topological polar surface area (TPSA) is 48.0 Å². The van der Waals surface area contributed by atoms with E-state index in [1.165, 1.54) is 0 Å². The lowest BCUT2D eigenvalue weighted by molar-refractivity contribution is 0.100. The normalized spacial score (nSPS) is 11.4. The summed E-state index contributed by atoms with van der Waals surface area (Å²) in [4.78, 5) is 12.1. The Morgan fingerprint density at radius 1 is 0.909 bits per heavy atom. The van der Waals surface area contributed by atoms with Gasteiger partial charge in [-0.2, -0.15) is 0 Å². The van der Waals surface area contributed by atoms with Gasteiger partial charge in [0.15, 0.2) is 11.6 Å². The van der Waals surface area contributed by atoms with Crippen LogP contribution >= 0.6 is 11.6 Å². The number of hydrogen-bond donors (Lipinski definition) is 1. The molecule has 0 spiro atoms. The monoisotopic (exact) mass is 463 g/mol. The van der Waals surface area contributed by atoms with Crippen molar-refractivity contribution in [3.05, 3.63) is 106 Å². The van der Waals surface area contributed by atoms with Crippen molar-refractivity contribution < 1.29 is 18.0 Å². The van der Waals surface area contributed by atoms with E-state index in [4.69, 9.17) is 17.3 Å². The van der Waals surface area contributed by atoms with E-state index in [1.807, 2.05) is 18.2 Å². The summed E-state index contributed by atoms with van der Waals surface area (Å²) < 4.78 is 43.6. The van der Waals surface area contributed by atoms with Gasteiger partial charge >= 0.3 is 0 Å². The van der Waals surface area contributed by atoms with Crippen LogP contribution in [0, 0.1) is 23.5 Å². The van der Waals surface area contributed by atoms with Crippen molar-refractivity contribution in [3.8, 4) is 11.1 Å². The van der Waals surface area contributed by atoms with Crippen molar-refractivity contribution >= 4 is 39.3 Å². The molecule has 0 saturated heterocycles. The third-order valence-electron chi connectivity index (χ3n) is 5.66. The van der Waals surface area contributed by atoms with E-state index in [0.29, 0.717) is 32.9 Å². The fraction of sp³-hybridized carbons (Fsp3) is 0.0385. The number of fused-ring (bicyclic) bond motifs is 3. The lowest BCUT2D eigenvalue weighted by atomic mass is 10.0. The molecule has 0 saturated carbocycles. The summed E-state index contributed by atoms with van der Waals surface area (Å²) in [7, 11) is 0.